The molecule has 4 atom stereocenters. The first kappa shape index (κ1) is 32.5. The summed E-state index contributed by atoms with van der Waals surface area (Å²) in [5.74, 6) is 6.33. The molecular formula is C33H40N4O7. The smallest absolute Gasteiger partial charge is 0.410 e. The van der Waals surface area contributed by atoms with E-state index < -0.39 is 23.8 Å². The summed E-state index contributed by atoms with van der Waals surface area (Å²) >= 11 is 0. The van der Waals surface area contributed by atoms with Crippen LogP contribution in [0.25, 0.3) is 0 Å². The molecule has 1 aliphatic carbocycles. The third-order valence-electron chi connectivity index (χ3n) is 7.51. The zero-order chi connectivity index (χ0) is 30.6. The highest BCUT2D eigenvalue weighted by Gasteiger charge is 2.57. The fourth-order valence-electron chi connectivity index (χ4n) is 5.23. The van der Waals surface area contributed by atoms with Gasteiger partial charge in [-0.25, -0.2) is 15.5 Å². The molecule has 1 saturated carbocycles. The lowest BCUT2D eigenvalue weighted by atomic mass is 10.0. The van der Waals surface area contributed by atoms with Gasteiger partial charge in [0.05, 0.1) is 6.04 Å². The van der Waals surface area contributed by atoms with Gasteiger partial charge in [0, 0.05) is 30.5 Å². The van der Waals surface area contributed by atoms with E-state index in [1.807, 2.05) is 81.4 Å². The topological polar surface area (TPSA) is 170 Å². The number of hydrogen-bond acceptors (Lipinski definition) is 8. The van der Waals surface area contributed by atoms with E-state index in [1.54, 1.807) is 29.2 Å². The SMILES string of the molecule is CC(C)(C)OC(=O)N1C[C@@H]2C(N=C(N)c3ccc(OC[C@@H](ON)C(=O)OC(c4ccccc4)c4ccccc4)cc3)[C@@H]2C1.O. The number of fused-ring (bicyclic) bond motifs is 1. The lowest BCUT2D eigenvalue weighted by Crippen LogP contribution is -2.37. The van der Waals surface area contributed by atoms with E-state index in [-0.39, 0.29) is 24.2 Å². The second-order valence-corrected chi connectivity index (χ2v) is 11.8. The van der Waals surface area contributed by atoms with Crippen LogP contribution >= 0.6 is 0 Å². The number of benzene rings is 3. The number of hydrogen-bond donors (Lipinski definition) is 2. The summed E-state index contributed by atoms with van der Waals surface area (Å²) in [6.45, 7) is 6.68. The van der Waals surface area contributed by atoms with Gasteiger partial charge in [0.15, 0.2) is 6.10 Å². The van der Waals surface area contributed by atoms with Gasteiger partial charge in [0.2, 0.25) is 6.10 Å². The van der Waals surface area contributed by atoms with Crippen LogP contribution in [-0.4, -0.2) is 65.7 Å². The van der Waals surface area contributed by atoms with Crippen LogP contribution in [0.3, 0.4) is 0 Å². The fourth-order valence-corrected chi connectivity index (χ4v) is 5.23. The largest absolute Gasteiger partial charge is 0.490 e. The van der Waals surface area contributed by atoms with Crippen molar-refractivity contribution in [3.63, 3.8) is 0 Å². The highest BCUT2D eigenvalue weighted by Crippen LogP contribution is 2.48. The van der Waals surface area contributed by atoms with Gasteiger partial charge in [-0.05, 0) is 56.2 Å². The molecule has 1 unspecified atom stereocenters. The number of piperidine rings is 1. The van der Waals surface area contributed by atoms with E-state index in [9.17, 15) is 9.59 Å². The standard InChI is InChI=1S/C33H38N4O6.H2O/c1-33(2,3)42-32(39)37-18-25-26(19-37)28(25)36-30(34)23-14-16-24(17-15-23)40-20-27(43-35)31(38)41-29(21-10-6-4-7-11-21)22-12-8-5-9-13-22;/h4-17,25-29H,18-20,35H2,1-3H3,(H2,34,36);1H2/t25-,26+,27-,28?;/m1./s1. The number of nitrogens with two attached hydrogens (primary N) is 2. The molecule has 5 rings (SSSR count). The maximum Gasteiger partial charge on any atom is 0.410 e. The molecule has 234 valence electrons. The Morgan fingerprint density at radius 2 is 1.45 bits per heavy atom. The minimum absolute atomic E-state index is 0. The number of amidine groups is 1. The Bertz CT molecular complexity index is 1380. The van der Waals surface area contributed by atoms with Crippen molar-refractivity contribution in [3.8, 4) is 5.75 Å². The maximum absolute atomic E-state index is 13.0. The highest BCUT2D eigenvalue weighted by atomic mass is 16.7. The molecule has 0 aromatic heterocycles. The lowest BCUT2D eigenvalue weighted by molar-refractivity contribution is -0.163. The van der Waals surface area contributed by atoms with Crippen molar-refractivity contribution in [2.75, 3.05) is 19.7 Å². The van der Waals surface area contributed by atoms with Gasteiger partial charge >= 0.3 is 12.1 Å². The third kappa shape index (κ3) is 7.93. The number of esters is 1. The number of amides is 1. The van der Waals surface area contributed by atoms with Crippen molar-refractivity contribution >= 4 is 17.9 Å². The number of likely N-dealkylation sites (tertiary alicyclic amines) is 1. The molecule has 3 aromatic rings. The molecule has 2 fully saturated rings. The quantitative estimate of drug-likeness (QED) is 0.153. The Morgan fingerprint density at radius 3 is 1.95 bits per heavy atom. The van der Waals surface area contributed by atoms with Crippen molar-refractivity contribution in [2.45, 2.75) is 44.6 Å². The van der Waals surface area contributed by atoms with E-state index >= 15 is 0 Å². The van der Waals surface area contributed by atoms with E-state index in [0.29, 0.717) is 36.5 Å². The zero-order valence-electron chi connectivity index (χ0n) is 25.1. The minimum atomic E-state index is -1.14. The molecule has 44 heavy (non-hydrogen) atoms. The van der Waals surface area contributed by atoms with Gasteiger partial charge in [-0.15, -0.1) is 0 Å². The predicted molar refractivity (Wildman–Crippen MR) is 165 cm³/mol. The summed E-state index contributed by atoms with van der Waals surface area (Å²) in [5, 5.41) is 0. The number of aliphatic imine (C=N–C) groups is 1. The Hall–Kier alpha value is -4.45. The summed E-state index contributed by atoms with van der Waals surface area (Å²) in [4.78, 5) is 36.7. The Kier molecular flexibility index (Phi) is 10.3. The van der Waals surface area contributed by atoms with Crippen LogP contribution in [0.4, 0.5) is 4.79 Å². The van der Waals surface area contributed by atoms with Crippen LogP contribution in [0.1, 0.15) is 43.6 Å². The van der Waals surface area contributed by atoms with Crippen molar-refractivity contribution in [1.29, 1.82) is 0 Å². The average molecular weight is 605 g/mol. The van der Waals surface area contributed by atoms with Crippen LogP contribution in [0.15, 0.2) is 89.9 Å². The summed E-state index contributed by atoms with van der Waals surface area (Å²) in [6, 6.07) is 26.1. The number of nitrogens with zero attached hydrogens (tertiary/aromatic N) is 2. The summed E-state index contributed by atoms with van der Waals surface area (Å²) in [7, 11) is 0. The molecular weight excluding hydrogens is 564 g/mol. The second kappa shape index (κ2) is 13.9. The first-order valence-corrected chi connectivity index (χ1v) is 14.3. The number of carbonyl (C=O) groups excluding carboxylic acids is 2. The van der Waals surface area contributed by atoms with E-state index in [0.717, 1.165) is 16.7 Å². The molecule has 2 aliphatic rings. The molecule has 1 amide bonds. The van der Waals surface area contributed by atoms with Crippen LogP contribution < -0.4 is 16.4 Å². The van der Waals surface area contributed by atoms with Crippen LogP contribution in [-0.2, 0) is 19.1 Å². The van der Waals surface area contributed by atoms with Crippen molar-refractivity contribution in [2.24, 2.45) is 28.5 Å². The van der Waals surface area contributed by atoms with Crippen LogP contribution in [0.2, 0.25) is 0 Å². The van der Waals surface area contributed by atoms with Crippen molar-refractivity contribution in [3.05, 3.63) is 102 Å². The predicted octanol–water partition coefficient (Wildman–Crippen LogP) is 3.40. The fraction of sp³-hybridized carbons (Fsp3) is 0.364. The molecule has 11 nitrogen and oxygen atoms in total. The highest BCUT2D eigenvalue weighted by molar-refractivity contribution is 5.97. The molecule has 0 spiro atoms. The number of carbonyl (C=O) groups is 2. The first-order chi connectivity index (χ1) is 20.6. The molecule has 1 aliphatic heterocycles. The lowest BCUT2D eigenvalue weighted by Gasteiger charge is -2.25. The summed E-state index contributed by atoms with van der Waals surface area (Å²) in [5.41, 5.74) is 8.18. The average Bonchev–Trinajstić information content (AvgIpc) is 3.41. The molecule has 0 radical (unpaired) electrons. The van der Waals surface area contributed by atoms with Crippen molar-refractivity contribution in [1.82, 2.24) is 4.90 Å². The van der Waals surface area contributed by atoms with E-state index in [2.05, 4.69) is 0 Å². The van der Waals surface area contributed by atoms with Gasteiger partial charge in [0.25, 0.3) is 0 Å². The summed E-state index contributed by atoms with van der Waals surface area (Å²) < 4.78 is 17.1. The maximum atomic E-state index is 13.0. The second-order valence-electron chi connectivity index (χ2n) is 11.8. The third-order valence-corrected chi connectivity index (χ3v) is 7.51. The molecule has 3 aromatic carbocycles. The van der Waals surface area contributed by atoms with Gasteiger partial charge in [-0.2, -0.15) is 0 Å². The molecule has 11 heteroatoms. The number of rotatable bonds is 10. The van der Waals surface area contributed by atoms with E-state index in [1.165, 1.54) is 0 Å². The number of ether oxygens (including phenoxy) is 3. The van der Waals surface area contributed by atoms with Gasteiger partial charge < -0.3 is 30.3 Å². The molecule has 1 heterocycles. The van der Waals surface area contributed by atoms with Gasteiger partial charge in [0.1, 0.15) is 23.8 Å². The Morgan fingerprint density at radius 1 is 0.909 bits per heavy atom. The summed E-state index contributed by atoms with van der Waals surface area (Å²) in [6.07, 6.45) is -2.05. The molecule has 0 bridgehead atoms. The van der Waals surface area contributed by atoms with Gasteiger partial charge in [-0.3, -0.25) is 9.83 Å². The van der Waals surface area contributed by atoms with Crippen LogP contribution in [0.5, 0.6) is 5.75 Å². The van der Waals surface area contributed by atoms with E-state index in [4.69, 9.17) is 35.7 Å². The molecule has 6 N–H and O–H groups in total. The Labute approximate surface area is 257 Å². The van der Waals surface area contributed by atoms with Crippen molar-refractivity contribution < 1.29 is 34.1 Å². The minimum Gasteiger partial charge on any atom is -0.490 e. The normalized spacial score (nSPS) is 19.9. The van der Waals surface area contributed by atoms with Crippen LogP contribution in [0, 0.1) is 11.8 Å². The van der Waals surface area contributed by atoms with Gasteiger partial charge in [-0.1, -0.05) is 60.7 Å². The molecule has 1 saturated heterocycles. The zero-order valence-corrected chi connectivity index (χ0v) is 25.1. The monoisotopic (exact) mass is 604 g/mol. The Balaban J connectivity index is 0.00000442. The first-order valence-electron chi connectivity index (χ1n) is 14.3.